The van der Waals surface area contributed by atoms with Gasteiger partial charge < -0.3 is 15.4 Å². The van der Waals surface area contributed by atoms with Crippen molar-refractivity contribution in [2.45, 2.75) is 77.4 Å². The third-order valence-corrected chi connectivity index (χ3v) is 6.42. The Bertz CT molecular complexity index is 421. The lowest BCUT2D eigenvalue weighted by molar-refractivity contribution is -0.106. The fourth-order valence-electron chi connectivity index (χ4n) is 5.02. The van der Waals surface area contributed by atoms with Crippen molar-refractivity contribution in [3.05, 3.63) is 0 Å². The van der Waals surface area contributed by atoms with Crippen molar-refractivity contribution in [2.75, 3.05) is 20.2 Å². The average molecular weight is 449 g/mol. The van der Waals surface area contributed by atoms with Crippen LogP contribution in [0.2, 0.25) is 0 Å². The first kappa shape index (κ1) is 20.3. The summed E-state index contributed by atoms with van der Waals surface area (Å²) < 4.78 is 5.87. The average Bonchev–Trinajstić information content (AvgIpc) is 3.20. The van der Waals surface area contributed by atoms with Gasteiger partial charge >= 0.3 is 0 Å². The topological polar surface area (TPSA) is 45.7 Å². The van der Waals surface area contributed by atoms with Crippen molar-refractivity contribution < 1.29 is 4.74 Å². The molecule has 0 spiro atoms. The summed E-state index contributed by atoms with van der Waals surface area (Å²) in [7, 11) is 1.88. The lowest BCUT2D eigenvalue weighted by atomic mass is 9.57. The standard InChI is InChI=1S/C19H35N3O.HI/c1-19(2)16(15-11-13-23-17(15)19)22-18(20-3)21-12-7-6-10-14-8-4-5-9-14;/h14-17H,4-13H2,1-3H3,(H2,20,21,22);1H. The molecule has 2 saturated carbocycles. The number of rotatable bonds is 6. The third-order valence-electron chi connectivity index (χ3n) is 6.42. The van der Waals surface area contributed by atoms with Crippen LogP contribution in [0.4, 0.5) is 0 Å². The molecule has 0 amide bonds. The van der Waals surface area contributed by atoms with Crippen molar-refractivity contribution >= 4 is 29.9 Å². The van der Waals surface area contributed by atoms with Crippen LogP contribution in [0, 0.1) is 17.3 Å². The highest BCUT2D eigenvalue weighted by Gasteiger charge is 2.59. The van der Waals surface area contributed by atoms with E-state index in [1.807, 2.05) is 7.05 Å². The van der Waals surface area contributed by atoms with Gasteiger partial charge in [-0.1, -0.05) is 52.4 Å². The lowest BCUT2D eigenvalue weighted by Crippen LogP contribution is -2.67. The Morgan fingerprint density at radius 2 is 1.92 bits per heavy atom. The Kier molecular flexibility index (Phi) is 7.65. The summed E-state index contributed by atoms with van der Waals surface area (Å²) in [6, 6.07) is 0.486. The Morgan fingerprint density at radius 3 is 2.62 bits per heavy atom. The van der Waals surface area contributed by atoms with Crippen LogP contribution in [0.3, 0.4) is 0 Å². The van der Waals surface area contributed by atoms with Gasteiger partial charge in [-0.2, -0.15) is 0 Å². The minimum absolute atomic E-state index is 0. The lowest BCUT2D eigenvalue weighted by Gasteiger charge is -2.54. The minimum Gasteiger partial charge on any atom is -0.377 e. The Labute approximate surface area is 165 Å². The molecule has 3 aliphatic rings. The summed E-state index contributed by atoms with van der Waals surface area (Å²) in [5.41, 5.74) is 0.210. The maximum Gasteiger partial charge on any atom is 0.191 e. The van der Waals surface area contributed by atoms with Gasteiger partial charge in [0, 0.05) is 37.6 Å². The van der Waals surface area contributed by atoms with Crippen LogP contribution in [-0.4, -0.2) is 38.3 Å². The van der Waals surface area contributed by atoms with Gasteiger partial charge in [-0.15, -0.1) is 24.0 Å². The van der Waals surface area contributed by atoms with Crippen molar-refractivity contribution in [2.24, 2.45) is 22.2 Å². The Hall–Kier alpha value is -0.0400. The predicted molar refractivity (Wildman–Crippen MR) is 111 cm³/mol. The van der Waals surface area contributed by atoms with E-state index in [0.29, 0.717) is 18.1 Å². The van der Waals surface area contributed by atoms with Gasteiger partial charge in [-0.3, -0.25) is 4.99 Å². The molecule has 140 valence electrons. The number of guanidine groups is 1. The second-order valence-electron chi connectivity index (χ2n) is 8.33. The molecule has 5 heteroatoms. The second-order valence-corrected chi connectivity index (χ2v) is 8.33. The molecular formula is C19H36IN3O. The highest BCUT2D eigenvalue weighted by molar-refractivity contribution is 14.0. The quantitative estimate of drug-likeness (QED) is 0.280. The predicted octanol–water partition coefficient (Wildman–Crippen LogP) is 3.94. The molecule has 3 rings (SSSR count). The first-order valence-corrected chi connectivity index (χ1v) is 9.71. The third kappa shape index (κ3) is 4.37. The number of fused-ring (bicyclic) bond motifs is 1. The SMILES string of the molecule is CN=C(NCCCCC1CCCC1)NC1C2CCOC2C1(C)C.I. The van der Waals surface area contributed by atoms with E-state index in [0.717, 1.165) is 25.0 Å². The Balaban J connectivity index is 0.00000208. The molecule has 3 unspecified atom stereocenters. The molecule has 3 fully saturated rings. The van der Waals surface area contributed by atoms with E-state index in [1.54, 1.807) is 0 Å². The van der Waals surface area contributed by atoms with Crippen LogP contribution in [0.5, 0.6) is 0 Å². The van der Waals surface area contributed by atoms with Gasteiger partial charge in [0.15, 0.2) is 5.96 Å². The van der Waals surface area contributed by atoms with E-state index in [4.69, 9.17) is 4.74 Å². The van der Waals surface area contributed by atoms with Gasteiger partial charge in [0.05, 0.1) is 6.10 Å². The number of halogens is 1. The molecule has 1 heterocycles. The molecular weight excluding hydrogens is 413 g/mol. The highest BCUT2D eigenvalue weighted by Crippen LogP contribution is 2.52. The molecule has 2 aliphatic carbocycles. The first-order chi connectivity index (χ1) is 11.1. The molecule has 1 saturated heterocycles. The number of hydrogen-bond donors (Lipinski definition) is 2. The number of hydrogen-bond acceptors (Lipinski definition) is 2. The van der Waals surface area contributed by atoms with E-state index in [9.17, 15) is 0 Å². The van der Waals surface area contributed by atoms with E-state index in [2.05, 4.69) is 29.5 Å². The molecule has 3 atom stereocenters. The number of ether oxygens (including phenoxy) is 1. The van der Waals surface area contributed by atoms with Crippen LogP contribution in [0.1, 0.15) is 65.2 Å². The Morgan fingerprint density at radius 1 is 1.17 bits per heavy atom. The smallest absolute Gasteiger partial charge is 0.191 e. The van der Waals surface area contributed by atoms with Gasteiger partial charge in [-0.05, 0) is 18.8 Å². The van der Waals surface area contributed by atoms with Crippen molar-refractivity contribution in [1.82, 2.24) is 10.6 Å². The molecule has 4 nitrogen and oxygen atoms in total. The number of nitrogens with one attached hydrogen (secondary N) is 2. The van der Waals surface area contributed by atoms with Crippen molar-refractivity contribution in [3.63, 3.8) is 0 Å². The summed E-state index contributed by atoms with van der Waals surface area (Å²) in [6.45, 7) is 6.58. The number of nitrogens with zero attached hydrogens (tertiary/aromatic N) is 1. The molecule has 0 aromatic rings. The zero-order chi connectivity index (χ0) is 16.3. The molecule has 0 radical (unpaired) electrons. The van der Waals surface area contributed by atoms with Crippen molar-refractivity contribution in [1.29, 1.82) is 0 Å². The van der Waals surface area contributed by atoms with Gasteiger partial charge in [0.1, 0.15) is 0 Å². The normalized spacial score (nSPS) is 32.0. The maximum absolute atomic E-state index is 5.87. The monoisotopic (exact) mass is 449 g/mol. The molecule has 24 heavy (non-hydrogen) atoms. The van der Waals surface area contributed by atoms with E-state index in [-0.39, 0.29) is 29.4 Å². The fraction of sp³-hybridized carbons (Fsp3) is 0.947. The molecule has 0 aromatic carbocycles. The van der Waals surface area contributed by atoms with Gasteiger partial charge in [-0.25, -0.2) is 0 Å². The van der Waals surface area contributed by atoms with Crippen LogP contribution >= 0.6 is 24.0 Å². The summed E-state index contributed by atoms with van der Waals surface area (Å²) in [5, 5.41) is 7.17. The maximum atomic E-state index is 5.87. The molecule has 0 aromatic heterocycles. The van der Waals surface area contributed by atoms with Gasteiger partial charge in [0.25, 0.3) is 0 Å². The van der Waals surface area contributed by atoms with E-state index >= 15 is 0 Å². The summed E-state index contributed by atoms with van der Waals surface area (Å²) in [5.74, 6) is 2.64. The summed E-state index contributed by atoms with van der Waals surface area (Å²) in [4.78, 5) is 4.42. The molecule has 0 bridgehead atoms. The van der Waals surface area contributed by atoms with Crippen molar-refractivity contribution in [3.8, 4) is 0 Å². The first-order valence-electron chi connectivity index (χ1n) is 9.71. The zero-order valence-corrected chi connectivity index (χ0v) is 18.0. The van der Waals surface area contributed by atoms with Gasteiger partial charge in [0.2, 0.25) is 0 Å². The minimum atomic E-state index is 0. The largest absolute Gasteiger partial charge is 0.377 e. The molecule has 1 aliphatic heterocycles. The number of unbranched alkanes of at least 4 members (excludes halogenated alkanes) is 1. The van der Waals surface area contributed by atoms with Crippen LogP contribution in [0.15, 0.2) is 4.99 Å². The molecule has 2 N–H and O–H groups in total. The van der Waals surface area contributed by atoms with E-state index in [1.165, 1.54) is 51.4 Å². The van der Waals surface area contributed by atoms with Crippen LogP contribution < -0.4 is 10.6 Å². The van der Waals surface area contributed by atoms with Crippen LogP contribution in [0.25, 0.3) is 0 Å². The summed E-state index contributed by atoms with van der Waals surface area (Å²) in [6.07, 6.45) is 11.5. The zero-order valence-electron chi connectivity index (χ0n) is 15.6. The van der Waals surface area contributed by atoms with E-state index < -0.39 is 0 Å². The highest BCUT2D eigenvalue weighted by atomic mass is 127. The second kappa shape index (κ2) is 9.06. The number of aliphatic imine (C=N–C) groups is 1. The fourth-order valence-corrected chi connectivity index (χ4v) is 5.02. The van der Waals surface area contributed by atoms with Crippen LogP contribution in [-0.2, 0) is 4.74 Å². The summed E-state index contributed by atoms with van der Waals surface area (Å²) >= 11 is 0.